The highest BCUT2D eigenvalue weighted by Gasteiger charge is 2.28. The van der Waals surface area contributed by atoms with E-state index in [1.54, 1.807) is 6.20 Å². The van der Waals surface area contributed by atoms with Gasteiger partial charge in [0, 0.05) is 50.1 Å². The average molecular weight is 435 g/mol. The molecule has 32 heavy (non-hydrogen) atoms. The van der Waals surface area contributed by atoms with Gasteiger partial charge in [-0.2, -0.15) is 0 Å². The zero-order valence-electron chi connectivity index (χ0n) is 18.5. The normalized spacial score (nSPS) is 19.0. The molecular formula is C24H30N6O2. The predicted octanol–water partition coefficient (Wildman–Crippen LogP) is 3.23. The molecule has 1 amide bonds. The molecule has 8 nitrogen and oxygen atoms in total. The molecule has 5 rings (SSSR count). The second-order valence-corrected chi connectivity index (χ2v) is 8.63. The number of hydrogen-bond acceptors (Lipinski definition) is 6. The molecule has 3 aromatic rings. The lowest BCUT2D eigenvalue weighted by atomic mass is 10.2. The van der Waals surface area contributed by atoms with Crippen molar-refractivity contribution in [1.29, 1.82) is 0 Å². The van der Waals surface area contributed by atoms with Crippen LogP contribution in [0.4, 0.5) is 5.95 Å². The Labute approximate surface area is 188 Å². The summed E-state index contributed by atoms with van der Waals surface area (Å²) in [5.41, 5.74) is 2.97. The van der Waals surface area contributed by atoms with Gasteiger partial charge >= 0.3 is 0 Å². The Morgan fingerprint density at radius 1 is 1.28 bits per heavy atom. The average Bonchev–Trinajstić information content (AvgIpc) is 3.61. The number of carbonyl (C=O) groups is 1. The zero-order chi connectivity index (χ0) is 21.9. The van der Waals surface area contributed by atoms with Crippen molar-refractivity contribution < 1.29 is 9.21 Å². The third kappa shape index (κ3) is 4.41. The van der Waals surface area contributed by atoms with Crippen LogP contribution in [0.1, 0.15) is 48.1 Å². The fourth-order valence-electron chi connectivity index (χ4n) is 4.65. The molecule has 2 N–H and O–H groups in total. The van der Waals surface area contributed by atoms with Crippen LogP contribution in [0.3, 0.4) is 0 Å². The second kappa shape index (κ2) is 9.16. The molecule has 0 spiro atoms. The van der Waals surface area contributed by atoms with Crippen LogP contribution in [-0.4, -0.2) is 58.0 Å². The maximum absolute atomic E-state index is 12.9. The molecule has 2 saturated heterocycles. The zero-order valence-corrected chi connectivity index (χ0v) is 18.5. The van der Waals surface area contributed by atoms with Gasteiger partial charge < -0.3 is 19.6 Å². The number of rotatable bonds is 7. The van der Waals surface area contributed by atoms with Gasteiger partial charge in [-0.05, 0) is 56.6 Å². The smallest absolute Gasteiger partial charge is 0.287 e. The number of aromatic nitrogens is 3. The standard InChI is InChI=1S/C24H30N6O2/c1-2-21-17(15-29-11-3-4-12-29)14-22(32-21)23(31)27-18-8-13-30(16-18)24-26-10-7-20(28-24)19-6-5-9-25-19/h5-7,9-10,14,18,25H,2-4,8,11-13,15-16H2,1H3,(H,27,31). The molecule has 1 unspecified atom stereocenters. The van der Waals surface area contributed by atoms with Crippen molar-refractivity contribution >= 4 is 11.9 Å². The Kier molecular flexibility index (Phi) is 5.94. The van der Waals surface area contributed by atoms with E-state index in [4.69, 9.17) is 9.40 Å². The van der Waals surface area contributed by atoms with Crippen LogP contribution in [0.5, 0.6) is 0 Å². The van der Waals surface area contributed by atoms with Gasteiger partial charge in [0.2, 0.25) is 5.95 Å². The fraction of sp³-hybridized carbons (Fsp3) is 0.458. The predicted molar refractivity (Wildman–Crippen MR) is 122 cm³/mol. The summed E-state index contributed by atoms with van der Waals surface area (Å²) in [6, 6.07) is 7.81. The number of aryl methyl sites for hydroxylation is 1. The van der Waals surface area contributed by atoms with Gasteiger partial charge in [-0.3, -0.25) is 9.69 Å². The number of hydrogen-bond donors (Lipinski definition) is 2. The van der Waals surface area contributed by atoms with Crippen LogP contribution in [0.25, 0.3) is 11.4 Å². The molecule has 2 aliphatic heterocycles. The van der Waals surface area contributed by atoms with E-state index >= 15 is 0 Å². The van der Waals surface area contributed by atoms with Crippen molar-refractivity contribution in [2.45, 2.75) is 45.2 Å². The monoisotopic (exact) mass is 434 g/mol. The highest BCUT2D eigenvalue weighted by atomic mass is 16.4. The Morgan fingerprint density at radius 2 is 2.16 bits per heavy atom. The minimum Gasteiger partial charge on any atom is -0.456 e. The second-order valence-electron chi connectivity index (χ2n) is 8.63. The number of furan rings is 1. The molecular weight excluding hydrogens is 404 g/mol. The van der Waals surface area contributed by atoms with Crippen molar-refractivity contribution in [2.24, 2.45) is 0 Å². The highest BCUT2D eigenvalue weighted by Crippen LogP contribution is 2.23. The van der Waals surface area contributed by atoms with E-state index in [1.165, 1.54) is 12.8 Å². The van der Waals surface area contributed by atoms with Crippen LogP contribution < -0.4 is 10.2 Å². The SMILES string of the molecule is CCc1oc(C(=O)NC2CCN(c3nccc(-c4ccc[nH]4)n3)C2)cc1CN1CCCC1. The lowest BCUT2D eigenvalue weighted by Crippen LogP contribution is -2.37. The maximum atomic E-state index is 12.9. The van der Waals surface area contributed by atoms with E-state index in [0.29, 0.717) is 18.3 Å². The van der Waals surface area contributed by atoms with Crippen molar-refractivity contribution in [3.05, 3.63) is 53.7 Å². The van der Waals surface area contributed by atoms with E-state index in [2.05, 4.69) is 32.0 Å². The summed E-state index contributed by atoms with van der Waals surface area (Å²) in [6.07, 6.45) is 7.81. The molecule has 0 bridgehead atoms. The number of likely N-dealkylation sites (tertiary alicyclic amines) is 1. The van der Waals surface area contributed by atoms with Gasteiger partial charge in [0.25, 0.3) is 5.91 Å². The minimum absolute atomic E-state index is 0.0393. The summed E-state index contributed by atoms with van der Waals surface area (Å²) in [6.45, 7) is 6.68. The van der Waals surface area contributed by atoms with Crippen LogP contribution in [0.2, 0.25) is 0 Å². The first-order chi connectivity index (χ1) is 15.7. The molecule has 2 aliphatic rings. The van der Waals surface area contributed by atoms with E-state index in [1.807, 2.05) is 30.5 Å². The van der Waals surface area contributed by atoms with Crippen molar-refractivity contribution in [2.75, 3.05) is 31.1 Å². The summed E-state index contributed by atoms with van der Waals surface area (Å²) in [7, 11) is 0. The molecule has 1 atom stereocenters. The molecule has 0 radical (unpaired) electrons. The summed E-state index contributed by atoms with van der Waals surface area (Å²) in [5.74, 6) is 1.89. The topological polar surface area (TPSA) is 90.3 Å². The Bertz CT molecular complexity index is 1050. The number of nitrogens with one attached hydrogen (secondary N) is 2. The van der Waals surface area contributed by atoms with Crippen LogP contribution >= 0.6 is 0 Å². The molecule has 2 fully saturated rings. The summed E-state index contributed by atoms with van der Waals surface area (Å²) in [4.78, 5) is 29.8. The Morgan fingerprint density at radius 3 is 2.94 bits per heavy atom. The fourth-order valence-corrected chi connectivity index (χ4v) is 4.65. The van der Waals surface area contributed by atoms with E-state index in [0.717, 1.165) is 61.7 Å². The minimum atomic E-state index is -0.139. The molecule has 0 saturated carbocycles. The maximum Gasteiger partial charge on any atom is 0.287 e. The molecule has 3 aromatic heterocycles. The largest absolute Gasteiger partial charge is 0.456 e. The highest BCUT2D eigenvalue weighted by molar-refractivity contribution is 5.92. The number of carbonyl (C=O) groups excluding carboxylic acids is 1. The first-order valence-corrected chi connectivity index (χ1v) is 11.6. The molecule has 168 valence electrons. The van der Waals surface area contributed by atoms with E-state index in [9.17, 15) is 4.79 Å². The molecule has 8 heteroatoms. The lowest BCUT2D eigenvalue weighted by Gasteiger charge is -2.17. The van der Waals surface area contributed by atoms with Gasteiger partial charge in [0.15, 0.2) is 5.76 Å². The molecule has 5 heterocycles. The van der Waals surface area contributed by atoms with Gasteiger partial charge in [-0.25, -0.2) is 9.97 Å². The van der Waals surface area contributed by atoms with Crippen LogP contribution in [-0.2, 0) is 13.0 Å². The van der Waals surface area contributed by atoms with Crippen molar-refractivity contribution in [3.8, 4) is 11.4 Å². The number of aromatic amines is 1. The van der Waals surface area contributed by atoms with Gasteiger partial charge in [0.1, 0.15) is 5.76 Å². The number of amides is 1. The lowest BCUT2D eigenvalue weighted by molar-refractivity contribution is 0.0910. The Balaban J connectivity index is 1.22. The molecule has 0 aliphatic carbocycles. The van der Waals surface area contributed by atoms with Gasteiger partial charge in [-0.15, -0.1) is 0 Å². The van der Waals surface area contributed by atoms with Crippen LogP contribution in [0, 0.1) is 0 Å². The first-order valence-electron chi connectivity index (χ1n) is 11.6. The Hall–Kier alpha value is -3.13. The van der Waals surface area contributed by atoms with E-state index < -0.39 is 0 Å². The number of H-pyrrole nitrogens is 1. The summed E-state index contributed by atoms with van der Waals surface area (Å²) >= 11 is 0. The molecule has 0 aromatic carbocycles. The first kappa shape index (κ1) is 20.8. The summed E-state index contributed by atoms with van der Waals surface area (Å²) < 4.78 is 5.93. The van der Waals surface area contributed by atoms with Crippen molar-refractivity contribution in [1.82, 2.24) is 25.2 Å². The third-order valence-corrected chi connectivity index (χ3v) is 6.36. The third-order valence-electron chi connectivity index (χ3n) is 6.36. The van der Waals surface area contributed by atoms with Gasteiger partial charge in [0.05, 0.1) is 11.4 Å². The number of nitrogens with zero attached hydrogens (tertiary/aromatic N) is 4. The number of anilines is 1. The van der Waals surface area contributed by atoms with E-state index in [-0.39, 0.29) is 11.9 Å². The van der Waals surface area contributed by atoms with Crippen LogP contribution in [0.15, 0.2) is 41.1 Å². The van der Waals surface area contributed by atoms with Crippen molar-refractivity contribution in [3.63, 3.8) is 0 Å². The van der Waals surface area contributed by atoms with Gasteiger partial charge in [-0.1, -0.05) is 6.92 Å². The quantitative estimate of drug-likeness (QED) is 0.593. The summed E-state index contributed by atoms with van der Waals surface area (Å²) in [5, 5.41) is 3.15.